The van der Waals surface area contributed by atoms with E-state index >= 15 is 0 Å². The maximum absolute atomic E-state index is 13.7. The first-order valence-corrected chi connectivity index (χ1v) is 16.5. The molecule has 0 unspecified atom stereocenters. The van der Waals surface area contributed by atoms with Gasteiger partial charge in [0.05, 0.1) is 33.7 Å². The van der Waals surface area contributed by atoms with Gasteiger partial charge in [0.25, 0.3) is 11.8 Å². The molecule has 3 aromatic heterocycles. The number of pyridine rings is 2. The molecule has 6 rings (SSSR count). The van der Waals surface area contributed by atoms with E-state index < -0.39 is 17.5 Å². The molecule has 0 radical (unpaired) electrons. The van der Waals surface area contributed by atoms with Crippen LogP contribution in [0.3, 0.4) is 0 Å². The maximum Gasteiger partial charge on any atom is 0.331 e. The van der Waals surface area contributed by atoms with Crippen LogP contribution in [0.15, 0.2) is 66.4 Å². The van der Waals surface area contributed by atoms with Crippen LogP contribution in [0, 0.1) is 18.3 Å². The molecule has 1 aromatic carbocycles. The maximum atomic E-state index is 13.7. The largest absolute Gasteiger partial charge is 0.439 e. The number of hydrogen-bond donors (Lipinski definition) is 2. The van der Waals surface area contributed by atoms with Gasteiger partial charge < -0.3 is 25.0 Å². The van der Waals surface area contributed by atoms with Crippen molar-refractivity contribution in [3.63, 3.8) is 0 Å². The Balaban J connectivity index is 1.22. The minimum atomic E-state index is -0.774. The number of rotatable bonds is 9. The van der Waals surface area contributed by atoms with E-state index in [0.29, 0.717) is 75.5 Å². The number of nitrogens with one attached hydrogen (secondary N) is 2. The van der Waals surface area contributed by atoms with Gasteiger partial charge in [-0.05, 0) is 70.9 Å². The summed E-state index contributed by atoms with van der Waals surface area (Å²) in [5, 5.41) is 16.3. The highest BCUT2D eigenvalue weighted by atomic mass is 32.1. The summed E-state index contributed by atoms with van der Waals surface area (Å²) in [4.78, 5) is 53.8. The molecule has 246 valence electrons. The Bertz CT molecular complexity index is 1970. The van der Waals surface area contributed by atoms with Gasteiger partial charge in [-0.2, -0.15) is 5.26 Å². The predicted octanol–water partition coefficient (Wildman–Crippen LogP) is 6.46. The summed E-state index contributed by atoms with van der Waals surface area (Å²) in [5.74, 6) is 0.273. The van der Waals surface area contributed by atoms with Crippen molar-refractivity contribution < 1.29 is 23.9 Å². The van der Waals surface area contributed by atoms with Gasteiger partial charge in [0.1, 0.15) is 27.1 Å². The number of aryl methyl sites for hydroxylation is 1. The van der Waals surface area contributed by atoms with Crippen LogP contribution < -0.4 is 20.3 Å². The number of ether oxygens (including phenoxy) is 2. The van der Waals surface area contributed by atoms with Gasteiger partial charge in [-0.3, -0.25) is 14.5 Å². The molecule has 5 heterocycles. The van der Waals surface area contributed by atoms with Gasteiger partial charge in [-0.1, -0.05) is 18.2 Å². The minimum Gasteiger partial charge on any atom is -0.439 e. The van der Waals surface area contributed by atoms with Crippen LogP contribution in [0.2, 0.25) is 0 Å². The number of likely N-dealkylation sites (tertiary alicyclic amines) is 1. The third-order valence-corrected chi connectivity index (χ3v) is 9.19. The quantitative estimate of drug-likeness (QED) is 0.153. The number of nitrogens with zero attached hydrogens (tertiary/aromatic N) is 5. The summed E-state index contributed by atoms with van der Waals surface area (Å²) in [6, 6.07) is 15.8. The molecule has 1 fully saturated rings. The van der Waals surface area contributed by atoms with E-state index in [9.17, 15) is 19.6 Å². The topological polar surface area (TPSA) is 150 Å². The number of benzene rings is 1. The number of carbonyl (C=O) groups excluding carboxylic acids is 3. The number of para-hydroxylation sites is 1. The molecule has 0 bridgehead atoms. The van der Waals surface area contributed by atoms with Crippen molar-refractivity contribution in [1.29, 1.82) is 5.26 Å². The molecule has 0 spiro atoms. The minimum absolute atomic E-state index is 0.00373. The van der Waals surface area contributed by atoms with Crippen LogP contribution in [0.1, 0.15) is 49.0 Å². The molecule has 1 saturated heterocycles. The van der Waals surface area contributed by atoms with Crippen LogP contribution in [0.5, 0.6) is 11.6 Å². The summed E-state index contributed by atoms with van der Waals surface area (Å²) >= 11 is 1.19. The second kappa shape index (κ2) is 13.4. The normalized spacial score (nSPS) is 16.4. The van der Waals surface area contributed by atoms with Gasteiger partial charge in [0, 0.05) is 38.0 Å². The number of piperidine rings is 1. The van der Waals surface area contributed by atoms with E-state index in [0.717, 1.165) is 0 Å². The number of aromatic nitrogens is 2. The molecule has 2 N–H and O–H groups in total. The molecule has 12 nitrogen and oxygen atoms in total. The lowest BCUT2D eigenvalue weighted by atomic mass is 10.0. The Morgan fingerprint density at radius 1 is 1.19 bits per heavy atom. The highest BCUT2D eigenvalue weighted by Gasteiger charge is 2.35. The Kier molecular flexibility index (Phi) is 9.12. The zero-order valence-corrected chi connectivity index (χ0v) is 27.9. The van der Waals surface area contributed by atoms with Crippen LogP contribution in [-0.4, -0.2) is 64.1 Å². The first-order chi connectivity index (χ1) is 23.1. The number of nitriles is 1. The molecule has 2 aliphatic heterocycles. The van der Waals surface area contributed by atoms with E-state index in [1.54, 1.807) is 56.1 Å². The number of carbonyl (C=O) groups is 3. The van der Waals surface area contributed by atoms with Gasteiger partial charge >= 0.3 is 6.03 Å². The fourth-order valence-corrected chi connectivity index (χ4v) is 7.04. The zero-order valence-electron chi connectivity index (χ0n) is 27.1. The van der Waals surface area contributed by atoms with E-state index in [2.05, 4.69) is 20.6 Å². The summed E-state index contributed by atoms with van der Waals surface area (Å²) in [6.45, 7) is 8.41. The number of hydrogen-bond acceptors (Lipinski definition) is 9. The standard InChI is InChI=1S/C35H35N7O5S/c1-5-46-35(3,4)18-22(19-36)33(44)41-17-9-10-23(20-41)39-31(43)30-29-28-26(15-16-37-32(28)48-30)42(34(45)40-29)25-13-14-27(38-21(25)2)47-24-11-7-6-8-12-24/h6-8,11-16,18,23H,5,9-10,17,20H2,1-4H3,(H,39,43)(H,40,45)/t23-/m1/s1. The summed E-state index contributed by atoms with van der Waals surface area (Å²) in [6.07, 6.45) is 4.47. The molecule has 0 saturated carbocycles. The van der Waals surface area contributed by atoms with Crippen molar-refractivity contribution in [2.75, 3.05) is 29.9 Å². The van der Waals surface area contributed by atoms with Gasteiger partial charge in [-0.25, -0.2) is 14.8 Å². The second-order valence-corrected chi connectivity index (χ2v) is 13.0. The summed E-state index contributed by atoms with van der Waals surface area (Å²) in [5.41, 5.74) is 1.34. The number of amides is 4. The highest BCUT2D eigenvalue weighted by molar-refractivity contribution is 7.21. The molecule has 4 amide bonds. The molecule has 48 heavy (non-hydrogen) atoms. The first kappa shape index (κ1) is 32.6. The van der Waals surface area contributed by atoms with Gasteiger partial charge in [-0.15, -0.1) is 11.3 Å². The van der Waals surface area contributed by atoms with Crippen molar-refractivity contribution in [3.8, 4) is 17.7 Å². The van der Waals surface area contributed by atoms with Gasteiger partial charge in [0.2, 0.25) is 5.88 Å². The third kappa shape index (κ3) is 6.58. The van der Waals surface area contributed by atoms with E-state index in [-0.39, 0.29) is 24.1 Å². The molecule has 2 aliphatic rings. The van der Waals surface area contributed by atoms with Crippen molar-refractivity contribution in [1.82, 2.24) is 20.2 Å². The van der Waals surface area contributed by atoms with Crippen molar-refractivity contribution >= 4 is 56.5 Å². The number of urea groups is 1. The Labute approximate surface area is 282 Å². The lowest BCUT2D eigenvalue weighted by Crippen LogP contribution is -2.50. The summed E-state index contributed by atoms with van der Waals surface area (Å²) in [7, 11) is 0. The molecule has 13 heteroatoms. The SMILES string of the molecule is CCOC(C)(C)C=C(C#N)C(=O)N1CCC[C@@H](NC(=O)c2sc3nccc4c3c2NC(=O)N4c2ccc(Oc3ccccc3)nc2C)C1. The van der Waals surface area contributed by atoms with E-state index in [1.165, 1.54) is 16.2 Å². The molecular weight excluding hydrogens is 630 g/mol. The van der Waals surface area contributed by atoms with E-state index in [4.69, 9.17) is 9.47 Å². The summed E-state index contributed by atoms with van der Waals surface area (Å²) < 4.78 is 11.5. The van der Waals surface area contributed by atoms with Crippen molar-refractivity contribution in [2.45, 2.75) is 52.2 Å². The Morgan fingerprint density at radius 2 is 1.98 bits per heavy atom. The number of thiophene rings is 1. The Morgan fingerprint density at radius 3 is 2.71 bits per heavy atom. The third-order valence-electron chi connectivity index (χ3n) is 8.09. The lowest BCUT2D eigenvalue weighted by molar-refractivity contribution is -0.128. The van der Waals surface area contributed by atoms with Crippen LogP contribution in [-0.2, 0) is 9.53 Å². The van der Waals surface area contributed by atoms with E-state index in [1.807, 2.05) is 43.3 Å². The molecular formula is C35H35N7O5S. The van der Waals surface area contributed by atoms with Crippen molar-refractivity contribution in [3.05, 3.63) is 76.9 Å². The van der Waals surface area contributed by atoms with Crippen molar-refractivity contribution in [2.24, 2.45) is 0 Å². The smallest absolute Gasteiger partial charge is 0.331 e. The fourth-order valence-electron chi connectivity index (χ4n) is 6.02. The molecule has 0 aliphatic carbocycles. The monoisotopic (exact) mass is 665 g/mol. The number of anilines is 3. The first-order valence-electron chi connectivity index (χ1n) is 15.7. The highest BCUT2D eigenvalue weighted by Crippen LogP contribution is 2.46. The molecule has 4 aromatic rings. The average Bonchev–Trinajstić information content (AvgIpc) is 3.44. The zero-order chi connectivity index (χ0) is 34.0. The average molecular weight is 666 g/mol. The second-order valence-electron chi connectivity index (χ2n) is 12.0. The molecule has 1 atom stereocenters. The lowest BCUT2D eigenvalue weighted by Gasteiger charge is -2.33. The Hall–Kier alpha value is -5.32. The van der Waals surface area contributed by atoms with Crippen LogP contribution in [0.25, 0.3) is 10.2 Å². The van der Waals surface area contributed by atoms with Crippen LogP contribution in [0.4, 0.5) is 21.9 Å². The van der Waals surface area contributed by atoms with Crippen LogP contribution >= 0.6 is 11.3 Å². The van der Waals surface area contributed by atoms with Gasteiger partial charge in [0.15, 0.2) is 0 Å². The predicted molar refractivity (Wildman–Crippen MR) is 183 cm³/mol. The fraction of sp³-hybridized carbons (Fsp3) is 0.314.